The number of ether oxygens (including phenoxy) is 3. The Balaban J connectivity index is 1.14. The van der Waals surface area contributed by atoms with Gasteiger partial charge in [0, 0.05) is 35.5 Å². The Morgan fingerprint density at radius 3 is 2.21 bits per heavy atom. The lowest BCUT2D eigenvalue weighted by atomic mass is 9.84. The molecule has 52 heavy (non-hydrogen) atoms. The molecular formula is C40H32N2O9S. The summed E-state index contributed by atoms with van der Waals surface area (Å²) in [6, 6.07) is 32.3. The van der Waals surface area contributed by atoms with Gasteiger partial charge < -0.3 is 29.7 Å². The minimum absolute atomic E-state index is 0.0608. The Bertz CT molecular complexity index is 2120. The fraction of sp³-hybridized carbons (Fsp3) is 0.175. The van der Waals surface area contributed by atoms with Gasteiger partial charge in [-0.2, -0.15) is 0 Å². The minimum atomic E-state index is -1.06. The molecule has 4 atom stereocenters. The second kappa shape index (κ2) is 15.3. The number of aromatic carboxylic acids is 1. The van der Waals surface area contributed by atoms with Crippen molar-refractivity contribution in [1.82, 2.24) is 10.3 Å². The highest BCUT2D eigenvalue weighted by atomic mass is 32.2. The maximum Gasteiger partial charge on any atom is 0.346 e. The zero-order chi connectivity index (χ0) is 36.2. The van der Waals surface area contributed by atoms with Crippen LogP contribution in [0.15, 0.2) is 120 Å². The van der Waals surface area contributed by atoms with Gasteiger partial charge in [-0.1, -0.05) is 78.9 Å². The van der Waals surface area contributed by atoms with Gasteiger partial charge in [-0.25, -0.2) is 19.4 Å². The van der Waals surface area contributed by atoms with Crippen LogP contribution < -0.4 is 5.32 Å². The number of amides is 1. The van der Waals surface area contributed by atoms with Crippen LogP contribution in [0.1, 0.15) is 87.6 Å². The summed E-state index contributed by atoms with van der Waals surface area (Å²) in [5.74, 6) is -2.90. The molecule has 5 aromatic rings. The van der Waals surface area contributed by atoms with E-state index in [1.165, 1.54) is 36.0 Å². The maximum absolute atomic E-state index is 12.9. The van der Waals surface area contributed by atoms with Crippen LogP contribution in [-0.2, 0) is 27.4 Å². The summed E-state index contributed by atoms with van der Waals surface area (Å²) in [4.78, 5) is 52.9. The number of hydrogen-bond donors (Lipinski definition) is 3. The highest BCUT2D eigenvalue weighted by molar-refractivity contribution is 7.99. The van der Waals surface area contributed by atoms with Crippen molar-refractivity contribution in [3.8, 4) is 0 Å². The van der Waals surface area contributed by atoms with Crippen molar-refractivity contribution in [1.29, 1.82) is 0 Å². The van der Waals surface area contributed by atoms with E-state index in [2.05, 4.69) is 15.0 Å². The molecular weight excluding hydrogens is 685 g/mol. The number of carbonyl (C=O) groups excluding carboxylic acids is 3. The number of aliphatic hydroxyl groups excluding tert-OH is 1. The number of hydrogen-bond acceptors (Lipinski definition) is 10. The van der Waals surface area contributed by atoms with Gasteiger partial charge in [-0.3, -0.25) is 4.79 Å². The maximum atomic E-state index is 12.9. The molecule has 1 saturated heterocycles. The molecule has 2 aliphatic heterocycles. The Labute approximate surface area is 302 Å². The highest BCUT2D eigenvalue weighted by Gasteiger charge is 2.42. The fourth-order valence-electron chi connectivity index (χ4n) is 6.28. The third-order valence-electron chi connectivity index (χ3n) is 8.97. The zero-order valence-corrected chi connectivity index (χ0v) is 28.3. The van der Waals surface area contributed by atoms with Crippen molar-refractivity contribution >= 4 is 35.6 Å². The number of nitrogens with one attached hydrogen (secondary N) is 1. The van der Waals surface area contributed by atoms with E-state index in [0.717, 1.165) is 27.8 Å². The average Bonchev–Trinajstić information content (AvgIpc) is 3.47. The smallest absolute Gasteiger partial charge is 0.346 e. The fourth-order valence-corrected chi connectivity index (χ4v) is 7.34. The largest absolute Gasteiger partial charge is 0.478 e. The summed E-state index contributed by atoms with van der Waals surface area (Å²) in [7, 11) is 0. The van der Waals surface area contributed by atoms with Gasteiger partial charge >= 0.3 is 17.9 Å². The summed E-state index contributed by atoms with van der Waals surface area (Å²) in [5, 5.41) is 22.7. The van der Waals surface area contributed by atoms with Crippen molar-refractivity contribution in [2.75, 3.05) is 5.75 Å². The predicted molar refractivity (Wildman–Crippen MR) is 189 cm³/mol. The number of rotatable bonds is 11. The highest BCUT2D eigenvalue weighted by Crippen LogP contribution is 2.48. The molecule has 0 bridgehead atoms. The number of fused-ring (bicyclic) bond motifs is 1. The van der Waals surface area contributed by atoms with Crippen LogP contribution >= 0.6 is 11.8 Å². The molecule has 1 fully saturated rings. The molecule has 1 amide bonds. The van der Waals surface area contributed by atoms with Crippen LogP contribution in [-0.4, -0.2) is 50.9 Å². The molecule has 0 saturated carbocycles. The first kappa shape index (κ1) is 34.8. The van der Waals surface area contributed by atoms with Crippen LogP contribution in [0.5, 0.6) is 0 Å². The molecule has 11 nitrogen and oxygen atoms in total. The van der Waals surface area contributed by atoms with E-state index < -0.39 is 42.3 Å². The molecule has 262 valence electrons. The Hall–Kier alpha value is -5.66. The van der Waals surface area contributed by atoms with E-state index in [-0.39, 0.29) is 41.3 Å². The van der Waals surface area contributed by atoms with E-state index in [0.29, 0.717) is 10.8 Å². The first-order valence-corrected chi connectivity index (χ1v) is 17.4. The van der Waals surface area contributed by atoms with E-state index in [1.54, 1.807) is 12.3 Å². The van der Waals surface area contributed by atoms with Crippen LogP contribution in [0.3, 0.4) is 0 Å². The Morgan fingerprint density at radius 2 is 1.48 bits per heavy atom. The third-order valence-corrected chi connectivity index (χ3v) is 10.1. The quantitative estimate of drug-likeness (QED) is 0.0806. The van der Waals surface area contributed by atoms with Gasteiger partial charge in [0.05, 0.1) is 35.5 Å². The molecule has 0 spiro atoms. The summed E-state index contributed by atoms with van der Waals surface area (Å²) in [5.41, 5.74) is 4.70. The van der Waals surface area contributed by atoms with Crippen LogP contribution in [0.25, 0.3) is 0 Å². The van der Waals surface area contributed by atoms with Crippen LogP contribution in [0, 0.1) is 0 Å². The molecule has 3 heterocycles. The molecule has 1 aromatic heterocycles. The summed E-state index contributed by atoms with van der Waals surface area (Å²) < 4.78 is 18.1. The van der Waals surface area contributed by atoms with Crippen molar-refractivity contribution in [3.63, 3.8) is 0 Å². The number of benzene rings is 4. The average molecular weight is 717 g/mol. The lowest BCUT2D eigenvalue weighted by Gasteiger charge is -2.43. The molecule has 0 radical (unpaired) electrons. The predicted octanol–water partition coefficient (Wildman–Crippen LogP) is 6.24. The van der Waals surface area contributed by atoms with Crippen LogP contribution in [0.2, 0.25) is 0 Å². The number of esters is 2. The van der Waals surface area contributed by atoms with Gasteiger partial charge in [0.2, 0.25) is 0 Å². The number of carboxylic acids is 1. The Kier molecular flexibility index (Phi) is 10.2. The SMILES string of the molecule is O=C(NCc1ccc(C2O[C@H](CSc3ncccc3C(=O)O)[C@@H](c3ccccc3)[C@H](c3ccc(CO)cc3)O2)cc1)c1ccc2c(c1)C(=O)OC2=O. The number of nitrogens with zero attached hydrogens (tertiary/aromatic N) is 1. The van der Waals surface area contributed by atoms with Crippen molar-refractivity contribution in [2.24, 2.45) is 0 Å². The minimum Gasteiger partial charge on any atom is -0.478 e. The van der Waals surface area contributed by atoms with Crippen molar-refractivity contribution < 1.29 is 43.6 Å². The van der Waals surface area contributed by atoms with E-state index in [1.807, 2.05) is 78.9 Å². The van der Waals surface area contributed by atoms with Gasteiger partial charge in [0.15, 0.2) is 6.29 Å². The van der Waals surface area contributed by atoms with Gasteiger partial charge in [-0.05, 0) is 52.6 Å². The first-order chi connectivity index (χ1) is 25.3. The van der Waals surface area contributed by atoms with Crippen LogP contribution in [0.4, 0.5) is 0 Å². The molecule has 1 unspecified atom stereocenters. The lowest BCUT2D eigenvalue weighted by Crippen LogP contribution is -2.38. The van der Waals surface area contributed by atoms with E-state index >= 15 is 0 Å². The number of pyridine rings is 1. The van der Waals surface area contributed by atoms with E-state index in [4.69, 9.17) is 9.47 Å². The molecule has 3 N–H and O–H groups in total. The number of aliphatic hydroxyl groups is 1. The molecule has 2 aliphatic rings. The number of aromatic nitrogens is 1. The lowest BCUT2D eigenvalue weighted by molar-refractivity contribution is -0.255. The second-order valence-corrected chi connectivity index (χ2v) is 13.2. The van der Waals surface area contributed by atoms with Gasteiger partial charge in [0.25, 0.3) is 5.91 Å². The van der Waals surface area contributed by atoms with Crippen molar-refractivity contribution in [2.45, 2.75) is 42.6 Å². The monoisotopic (exact) mass is 716 g/mol. The topological polar surface area (TPSA) is 161 Å². The second-order valence-electron chi connectivity index (χ2n) is 12.2. The molecule has 12 heteroatoms. The van der Waals surface area contributed by atoms with Gasteiger partial charge in [-0.15, -0.1) is 11.8 Å². The summed E-state index contributed by atoms with van der Waals surface area (Å²) >= 11 is 1.31. The normalized spacial score (nSPS) is 19.5. The first-order valence-electron chi connectivity index (χ1n) is 16.4. The number of thioether (sulfide) groups is 1. The molecule has 0 aliphatic carbocycles. The number of carbonyl (C=O) groups is 4. The molecule has 7 rings (SSSR count). The van der Waals surface area contributed by atoms with E-state index in [9.17, 15) is 29.4 Å². The summed E-state index contributed by atoms with van der Waals surface area (Å²) in [6.45, 7) is 0.0990. The zero-order valence-electron chi connectivity index (χ0n) is 27.5. The molecule has 4 aromatic carbocycles. The van der Waals surface area contributed by atoms with Crippen molar-refractivity contribution in [3.05, 3.63) is 165 Å². The number of carboxylic acid groups (broad SMARTS) is 1. The van der Waals surface area contributed by atoms with Gasteiger partial charge in [0.1, 0.15) is 5.03 Å². The number of cyclic esters (lactones) is 2. The standard InChI is InChI=1S/C40H32N2O9S/c43-21-24-10-12-26(13-11-24)34-33(25-5-2-1-3-6-25)32(22-52-36-30(37(45)46)7-4-18-41-36)49-40(50-34)27-14-8-23(9-15-27)20-42-35(44)28-16-17-29-31(19-28)39(48)51-38(29)47/h1-19,32-34,40,43H,20-22H2,(H,42,44)(H,45,46)/t32-,33-,34+,40?/m1/s1. The Morgan fingerprint density at radius 1 is 0.769 bits per heavy atom. The summed E-state index contributed by atoms with van der Waals surface area (Å²) in [6.07, 6.45) is -0.151. The third kappa shape index (κ3) is 7.37.